The van der Waals surface area contributed by atoms with Crippen molar-refractivity contribution in [2.24, 2.45) is 5.73 Å². The highest BCUT2D eigenvalue weighted by Gasteiger charge is 2.44. The standard InChI is InChI=1S/C15H14N2O4/c1-8-11(5-6-12(18)21-8)17-14(19)10-4-2-3-9(7-16)13(10)15(17)20/h2-4,11H,1,5-7,16H2. The molecule has 6 heteroatoms. The van der Waals surface area contributed by atoms with Gasteiger partial charge in [0.15, 0.2) is 0 Å². The molecule has 6 nitrogen and oxygen atoms in total. The van der Waals surface area contributed by atoms with Gasteiger partial charge in [-0.15, -0.1) is 0 Å². The first-order valence-corrected chi connectivity index (χ1v) is 6.64. The molecule has 1 aromatic rings. The maximum Gasteiger partial charge on any atom is 0.311 e. The van der Waals surface area contributed by atoms with E-state index in [2.05, 4.69) is 6.58 Å². The number of nitrogens with zero attached hydrogens (tertiary/aromatic N) is 1. The van der Waals surface area contributed by atoms with Gasteiger partial charge in [0.1, 0.15) is 5.76 Å². The summed E-state index contributed by atoms with van der Waals surface area (Å²) in [6, 6.07) is 4.42. The van der Waals surface area contributed by atoms with E-state index in [1.807, 2.05) is 0 Å². The van der Waals surface area contributed by atoms with Gasteiger partial charge < -0.3 is 10.5 Å². The smallest absolute Gasteiger partial charge is 0.311 e. The number of hydrogen-bond donors (Lipinski definition) is 1. The molecule has 108 valence electrons. The first kappa shape index (κ1) is 13.5. The molecule has 0 radical (unpaired) electrons. The maximum absolute atomic E-state index is 12.6. The van der Waals surface area contributed by atoms with Crippen LogP contribution in [0.25, 0.3) is 0 Å². The van der Waals surface area contributed by atoms with Crippen molar-refractivity contribution in [3.8, 4) is 0 Å². The van der Waals surface area contributed by atoms with Gasteiger partial charge in [-0.2, -0.15) is 0 Å². The van der Waals surface area contributed by atoms with E-state index in [4.69, 9.17) is 10.5 Å². The Bertz CT molecular complexity index is 680. The second kappa shape index (κ2) is 4.82. The minimum absolute atomic E-state index is 0.134. The van der Waals surface area contributed by atoms with Gasteiger partial charge in [0.05, 0.1) is 17.2 Å². The molecule has 1 saturated heterocycles. The van der Waals surface area contributed by atoms with E-state index in [1.54, 1.807) is 18.2 Å². The van der Waals surface area contributed by atoms with Crippen molar-refractivity contribution >= 4 is 17.8 Å². The Morgan fingerprint density at radius 1 is 1.29 bits per heavy atom. The van der Waals surface area contributed by atoms with E-state index >= 15 is 0 Å². The lowest BCUT2D eigenvalue weighted by Gasteiger charge is -2.30. The number of carbonyl (C=O) groups excluding carboxylic acids is 3. The Labute approximate surface area is 121 Å². The number of esters is 1. The highest BCUT2D eigenvalue weighted by molar-refractivity contribution is 6.22. The average molecular weight is 286 g/mol. The van der Waals surface area contributed by atoms with Crippen LogP contribution in [0.3, 0.4) is 0 Å². The first-order chi connectivity index (χ1) is 10.0. The molecular weight excluding hydrogens is 272 g/mol. The minimum Gasteiger partial charge on any atom is -0.429 e. The predicted molar refractivity (Wildman–Crippen MR) is 73.1 cm³/mol. The quantitative estimate of drug-likeness (QED) is 0.646. The number of benzene rings is 1. The predicted octanol–water partition coefficient (Wildman–Crippen LogP) is 0.961. The number of hydrogen-bond acceptors (Lipinski definition) is 5. The van der Waals surface area contributed by atoms with E-state index in [0.29, 0.717) is 23.1 Å². The molecule has 1 atom stereocenters. The summed E-state index contributed by atoms with van der Waals surface area (Å²) in [5, 5.41) is 0. The summed E-state index contributed by atoms with van der Waals surface area (Å²) in [6.07, 6.45) is 0.488. The normalized spacial score (nSPS) is 21.6. The van der Waals surface area contributed by atoms with Gasteiger partial charge in [-0.1, -0.05) is 18.7 Å². The lowest BCUT2D eigenvalue weighted by molar-refractivity contribution is -0.143. The number of fused-ring (bicyclic) bond motifs is 1. The van der Waals surface area contributed by atoms with Gasteiger partial charge in [0.25, 0.3) is 11.8 Å². The number of nitrogens with two attached hydrogens (primary N) is 1. The summed E-state index contributed by atoms with van der Waals surface area (Å²) < 4.78 is 4.96. The Morgan fingerprint density at radius 3 is 2.71 bits per heavy atom. The van der Waals surface area contributed by atoms with E-state index in [0.717, 1.165) is 4.90 Å². The average Bonchev–Trinajstić information content (AvgIpc) is 2.72. The van der Waals surface area contributed by atoms with Crippen LogP contribution in [0.4, 0.5) is 0 Å². The summed E-state index contributed by atoms with van der Waals surface area (Å²) in [5.41, 5.74) is 6.94. The third-order valence-electron chi connectivity index (χ3n) is 3.80. The van der Waals surface area contributed by atoms with Crippen LogP contribution in [0.2, 0.25) is 0 Å². The topological polar surface area (TPSA) is 89.7 Å². The number of ether oxygens (including phenoxy) is 1. The fourth-order valence-electron chi connectivity index (χ4n) is 2.78. The molecule has 2 N–H and O–H groups in total. The van der Waals surface area contributed by atoms with Gasteiger partial charge >= 0.3 is 5.97 Å². The summed E-state index contributed by atoms with van der Waals surface area (Å²) >= 11 is 0. The molecule has 21 heavy (non-hydrogen) atoms. The van der Waals surface area contributed by atoms with Crippen molar-refractivity contribution in [2.75, 3.05) is 0 Å². The molecule has 0 spiro atoms. The fourth-order valence-corrected chi connectivity index (χ4v) is 2.78. The van der Waals surface area contributed by atoms with Gasteiger partial charge in [-0.3, -0.25) is 19.3 Å². The van der Waals surface area contributed by atoms with E-state index in [1.165, 1.54) is 0 Å². The maximum atomic E-state index is 12.6. The Morgan fingerprint density at radius 2 is 2.05 bits per heavy atom. The van der Waals surface area contributed by atoms with Crippen molar-refractivity contribution in [2.45, 2.75) is 25.4 Å². The van der Waals surface area contributed by atoms with Crippen LogP contribution in [0, 0.1) is 0 Å². The number of cyclic esters (lactones) is 1. The van der Waals surface area contributed by atoms with Crippen LogP contribution in [-0.4, -0.2) is 28.7 Å². The molecule has 1 aromatic carbocycles. The SMILES string of the molecule is C=C1OC(=O)CCC1N1C(=O)c2cccc(CN)c2C1=O. The van der Waals surface area contributed by atoms with Gasteiger partial charge in [-0.05, 0) is 18.1 Å². The third kappa shape index (κ3) is 1.95. The van der Waals surface area contributed by atoms with Crippen LogP contribution in [0.1, 0.15) is 39.1 Å². The van der Waals surface area contributed by atoms with Gasteiger partial charge in [0, 0.05) is 13.0 Å². The number of carbonyl (C=O) groups is 3. The molecule has 0 aliphatic carbocycles. The molecular formula is C15H14N2O4. The summed E-state index contributed by atoms with van der Waals surface area (Å²) in [5.74, 6) is -1.06. The van der Waals surface area contributed by atoms with Crippen molar-refractivity contribution in [3.05, 3.63) is 47.2 Å². The Balaban J connectivity index is 2.00. The highest BCUT2D eigenvalue weighted by Crippen LogP contribution is 2.32. The van der Waals surface area contributed by atoms with Crippen LogP contribution in [-0.2, 0) is 16.1 Å². The van der Waals surface area contributed by atoms with Crippen molar-refractivity contribution in [1.82, 2.24) is 4.90 Å². The monoisotopic (exact) mass is 286 g/mol. The van der Waals surface area contributed by atoms with Gasteiger partial charge in [-0.25, -0.2) is 0 Å². The van der Waals surface area contributed by atoms with Crippen molar-refractivity contribution in [1.29, 1.82) is 0 Å². The highest BCUT2D eigenvalue weighted by atomic mass is 16.5. The zero-order valence-electron chi connectivity index (χ0n) is 11.3. The number of rotatable bonds is 2. The van der Waals surface area contributed by atoms with Crippen LogP contribution in [0.15, 0.2) is 30.5 Å². The van der Waals surface area contributed by atoms with Gasteiger partial charge in [0.2, 0.25) is 0 Å². The van der Waals surface area contributed by atoms with Crippen LogP contribution < -0.4 is 5.73 Å². The third-order valence-corrected chi connectivity index (χ3v) is 3.80. The number of amides is 2. The molecule has 1 unspecified atom stereocenters. The second-order valence-corrected chi connectivity index (χ2v) is 5.02. The van der Waals surface area contributed by atoms with Crippen molar-refractivity contribution < 1.29 is 19.1 Å². The lowest BCUT2D eigenvalue weighted by atomic mass is 10.0. The minimum atomic E-state index is -0.610. The zero-order chi connectivity index (χ0) is 15.1. The molecule has 3 rings (SSSR count). The molecule has 2 aliphatic rings. The molecule has 0 bridgehead atoms. The molecule has 2 aliphatic heterocycles. The van der Waals surface area contributed by atoms with Crippen LogP contribution in [0.5, 0.6) is 0 Å². The lowest BCUT2D eigenvalue weighted by Crippen LogP contribution is -2.44. The zero-order valence-corrected chi connectivity index (χ0v) is 11.3. The Hall–Kier alpha value is -2.47. The molecule has 0 aromatic heterocycles. The molecule has 1 fully saturated rings. The summed E-state index contributed by atoms with van der Waals surface area (Å²) in [6.45, 7) is 3.83. The summed E-state index contributed by atoms with van der Waals surface area (Å²) in [7, 11) is 0. The van der Waals surface area contributed by atoms with Crippen molar-refractivity contribution in [3.63, 3.8) is 0 Å². The largest absolute Gasteiger partial charge is 0.429 e. The summed E-state index contributed by atoms with van der Waals surface area (Å²) in [4.78, 5) is 37.4. The van der Waals surface area contributed by atoms with E-state index in [-0.39, 0.29) is 18.7 Å². The fraction of sp³-hybridized carbons (Fsp3) is 0.267. The number of imide groups is 1. The van der Waals surface area contributed by atoms with E-state index < -0.39 is 23.8 Å². The molecule has 0 saturated carbocycles. The van der Waals surface area contributed by atoms with E-state index in [9.17, 15) is 14.4 Å². The second-order valence-electron chi connectivity index (χ2n) is 5.02. The molecule has 2 heterocycles. The first-order valence-electron chi connectivity index (χ1n) is 6.64. The Kier molecular flexibility index (Phi) is 3.10. The molecule has 2 amide bonds. The van der Waals surface area contributed by atoms with Crippen LogP contribution >= 0.6 is 0 Å².